The number of rotatable bonds is 3. The monoisotopic (exact) mass is 300 g/mol. The van der Waals surface area contributed by atoms with Gasteiger partial charge in [0.1, 0.15) is 0 Å². The van der Waals surface area contributed by atoms with Gasteiger partial charge in [0, 0.05) is 10.7 Å². The average Bonchev–Trinajstić information content (AvgIpc) is 2.90. The fourth-order valence-corrected chi connectivity index (χ4v) is 1.94. The highest BCUT2D eigenvalue weighted by Gasteiger charge is 2.32. The molecule has 2 fully saturated rings. The second kappa shape index (κ2) is 5.58. The van der Waals surface area contributed by atoms with Crippen molar-refractivity contribution in [3.8, 4) is 0 Å². The molecular weight excluding hydrogens is 288 g/mol. The van der Waals surface area contributed by atoms with Crippen LogP contribution in [-0.2, 0) is 9.47 Å². The predicted octanol–water partition coefficient (Wildman–Crippen LogP) is 2.34. The van der Waals surface area contributed by atoms with Crippen molar-refractivity contribution >= 4 is 31.9 Å². The predicted molar refractivity (Wildman–Crippen MR) is 56.3 cm³/mol. The molecule has 0 aromatic carbocycles. The van der Waals surface area contributed by atoms with E-state index in [0.29, 0.717) is 18.3 Å². The lowest BCUT2D eigenvalue weighted by atomic mass is 10.4. The minimum atomic E-state index is 0.518. The molecule has 0 bridgehead atoms. The summed E-state index contributed by atoms with van der Waals surface area (Å²) in [6.45, 7) is 3.07. The summed E-state index contributed by atoms with van der Waals surface area (Å²) in [5.74, 6) is 0. The van der Waals surface area contributed by atoms with Gasteiger partial charge in [0.25, 0.3) is 0 Å². The van der Waals surface area contributed by atoms with E-state index < -0.39 is 0 Å². The summed E-state index contributed by atoms with van der Waals surface area (Å²) in [6, 6.07) is 0. The summed E-state index contributed by atoms with van der Waals surface area (Å²) >= 11 is 6.60. The number of hydrogen-bond acceptors (Lipinski definition) is 2. The molecule has 0 saturated carbocycles. The number of ether oxygens (including phenoxy) is 2. The third kappa shape index (κ3) is 4.80. The molecule has 4 heteroatoms. The van der Waals surface area contributed by atoms with Crippen LogP contribution in [-0.4, -0.2) is 35.6 Å². The maximum atomic E-state index is 5.02. The van der Waals surface area contributed by atoms with Gasteiger partial charge in [-0.25, -0.2) is 0 Å². The van der Waals surface area contributed by atoms with E-state index in [0.717, 1.165) is 17.3 Å². The smallest absolute Gasteiger partial charge is 0.0935 e. The van der Waals surface area contributed by atoms with Crippen LogP contribution in [0.1, 0.15) is 13.3 Å². The third-order valence-corrected chi connectivity index (χ3v) is 2.92. The van der Waals surface area contributed by atoms with E-state index in [-0.39, 0.29) is 0 Å². The highest BCUT2D eigenvalue weighted by molar-refractivity contribution is 9.09. The minimum absolute atomic E-state index is 0.518. The Labute approximate surface area is 90.3 Å². The summed E-state index contributed by atoms with van der Waals surface area (Å²) < 4.78 is 9.94. The first-order valence-corrected chi connectivity index (χ1v) is 6.41. The van der Waals surface area contributed by atoms with Crippen molar-refractivity contribution in [3.05, 3.63) is 0 Å². The molecule has 2 heterocycles. The van der Waals surface area contributed by atoms with Crippen molar-refractivity contribution in [2.45, 2.75) is 31.7 Å². The van der Waals surface area contributed by atoms with Crippen molar-refractivity contribution in [2.75, 3.05) is 17.3 Å². The van der Waals surface area contributed by atoms with E-state index in [4.69, 9.17) is 9.47 Å². The summed E-state index contributed by atoms with van der Waals surface area (Å²) in [7, 11) is 0. The molecule has 0 aromatic rings. The normalized spacial score (nSPS) is 36.8. The van der Waals surface area contributed by atoms with Gasteiger partial charge in [-0.05, 0) is 13.3 Å². The van der Waals surface area contributed by atoms with Gasteiger partial charge < -0.3 is 9.47 Å². The first-order chi connectivity index (χ1) is 5.77. The van der Waals surface area contributed by atoms with Crippen LogP contribution >= 0.6 is 31.9 Å². The lowest BCUT2D eigenvalue weighted by Crippen LogP contribution is -1.86. The summed E-state index contributed by atoms with van der Waals surface area (Å²) in [5, 5.41) is 2.08. The Morgan fingerprint density at radius 2 is 2.00 bits per heavy atom. The van der Waals surface area contributed by atoms with Crippen LogP contribution in [0.3, 0.4) is 0 Å². The van der Waals surface area contributed by atoms with E-state index in [1.165, 1.54) is 6.42 Å². The van der Waals surface area contributed by atoms with Crippen LogP contribution in [0.15, 0.2) is 0 Å². The zero-order valence-corrected chi connectivity index (χ0v) is 10.3. The van der Waals surface area contributed by atoms with E-state index in [2.05, 4.69) is 38.8 Å². The van der Waals surface area contributed by atoms with E-state index in [9.17, 15) is 0 Å². The molecular formula is C8H14Br2O2. The van der Waals surface area contributed by atoms with Crippen LogP contribution in [0, 0.1) is 0 Å². The average molecular weight is 302 g/mol. The second-order valence-electron chi connectivity index (χ2n) is 2.97. The molecule has 2 nitrogen and oxygen atoms in total. The Balaban J connectivity index is 0.000000120. The standard InChI is InChI=1S/2C4H7BrO/c1-3-4(2-5)6-3;5-2-1-4-3-6-4/h3-4H,2H2,1H3;4H,1-3H2. The molecule has 0 aromatic heterocycles. The largest absolute Gasteiger partial charge is 0.373 e. The summed E-state index contributed by atoms with van der Waals surface area (Å²) in [5.41, 5.74) is 0. The lowest BCUT2D eigenvalue weighted by molar-refractivity contribution is 0.391. The molecule has 0 radical (unpaired) electrons. The number of hydrogen-bond donors (Lipinski definition) is 0. The van der Waals surface area contributed by atoms with Gasteiger partial charge in [-0.15, -0.1) is 0 Å². The Morgan fingerprint density at radius 3 is 2.08 bits per heavy atom. The van der Waals surface area contributed by atoms with Gasteiger partial charge in [0.15, 0.2) is 0 Å². The van der Waals surface area contributed by atoms with Gasteiger partial charge in [0.05, 0.1) is 24.9 Å². The van der Waals surface area contributed by atoms with Gasteiger partial charge in [-0.1, -0.05) is 31.9 Å². The van der Waals surface area contributed by atoms with Crippen molar-refractivity contribution in [3.63, 3.8) is 0 Å². The first-order valence-electron chi connectivity index (χ1n) is 4.17. The molecule has 2 aliphatic rings. The van der Waals surface area contributed by atoms with Crippen molar-refractivity contribution < 1.29 is 9.47 Å². The van der Waals surface area contributed by atoms with Crippen molar-refractivity contribution in [1.29, 1.82) is 0 Å². The minimum Gasteiger partial charge on any atom is -0.373 e. The van der Waals surface area contributed by atoms with Gasteiger partial charge >= 0.3 is 0 Å². The second-order valence-corrected chi connectivity index (χ2v) is 4.41. The van der Waals surface area contributed by atoms with Crippen molar-refractivity contribution in [1.82, 2.24) is 0 Å². The number of alkyl halides is 2. The van der Waals surface area contributed by atoms with Gasteiger partial charge in [-0.3, -0.25) is 0 Å². The Bertz CT molecular complexity index is 126. The fraction of sp³-hybridized carbons (Fsp3) is 1.00. The lowest BCUT2D eigenvalue weighted by Gasteiger charge is -1.78. The van der Waals surface area contributed by atoms with Crippen LogP contribution in [0.2, 0.25) is 0 Å². The maximum absolute atomic E-state index is 5.02. The topological polar surface area (TPSA) is 25.1 Å². The molecule has 0 N–H and O–H groups in total. The Hall–Kier alpha value is 0.880. The first kappa shape index (κ1) is 11.0. The van der Waals surface area contributed by atoms with E-state index >= 15 is 0 Å². The Morgan fingerprint density at radius 1 is 1.42 bits per heavy atom. The van der Waals surface area contributed by atoms with Crippen molar-refractivity contribution in [2.24, 2.45) is 0 Å². The van der Waals surface area contributed by atoms with Crippen LogP contribution < -0.4 is 0 Å². The Kier molecular flexibility index (Phi) is 5.09. The third-order valence-electron chi connectivity index (χ3n) is 1.82. The highest BCUT2D eigenvalue weighted by Crippen LogP contribution is 2.21. The summed E-state index contributed by atoms with van der Waals surface area (Å²) in [6.07, 6.45) is 2.82. The van der Waals surface area contributed by atoms with Gasteiger partial charge in [0.2, 0.25) is 0 Å². The highest BCUT2D eigenvalue weighted by atomic mass is 79.9. The summed E-state index contributed by atoms with van der Waals surface area (Å²) in [4.78, 5) is 0. The van der Waals surface area contributed by atoms with E-state index in [1.54, 1.807) is 0 Å². The molecule has 2 aliphatic heterocycles. The molecule has 3 atom stereocenters. The molecule has 12 heavy (non-hydrogen) atoms. The number of epoxide rings is 2. The molecule has 3 unspecified atom stereocenters. The molecule has 2 rings (SSSR count). The van der Waals surface area contributed by atoms with Crippen LogP contribution in [0.25, 0.3) is 0 Å². The zero-order valence-electron chi connectivity index (χ0n) is 7.13. The van der Waals surface area contributed by atoms with Crippen LogP contribution in [0.4, 0.5) is 0 Å². The molecule has 0 amide bonds. The number of halogens is 2. The van der Waals surface area contributed by atoms with E-state index in [1.807, 2.05) is 0 Å². The zero-order chi connectivity index (χ0) is 8.97. The quantitative estimate of drug-likeness (QED) is 0.590. The molecule has 72 valence electrons. The van der Waals surface area contributed by atoms with Crippen LogP contribution in [0.5, 0.6) is 0 Å². The molecule has 0 aliphatic carbocycles. The molecule has 2 saturated heterocycles. The SMILES string of the molecule is BrCCC1CO1.CC1OC1CBr. The molecule has 0 spiro atoms. The fourth-order valence-electron chi connectivity index (χ4n) is 0.749. The van der Waals surface area contributed by atoms with Gasteiger partial charge in [-0.2, -0.15) is 0 Å². The maximum Gasteiger partial charge on any atom is 0.0935 e.